The van der Waals surface area contributed by atoms with Gasteiger partial charge in [-0.05, 0) is 49.4 Å². The smallest absolute Gasteiger partial charge is 0.339 e. The lowest BCUT2D eigenvalue weighted by atomic mass is 10.2. The summed E-state index contributed by atoms with van der Waals surface area (Å²) >= 11 is 7.70. The van der Waals surface area contributed by atoms with Crippen LogP contribution in [0.4, 0.5) is 0 Å². The van der Waals surface area contributed by atoms with Crippen LogP contribution in [0, 0.1) is 0 Å². The Hall–Kier alpha value is -1.65. The number of halogens is 1. The minimum Gasteiger partial charge on any atom is -0.497 e. The molecule has 21 heavy (non-hydrogen) atoms. The molecule has 110 valence electrons. The summed E-state index contributed by atoms with van der Waals surface area (Å²) in [6, 6.07) is 13.0. The van der Waals surface area contributed by atoms with Crippen LogP contribution >= 0.6 is 23.4 Å². The molecule has 0 aromatic heterocycles. The summed E-state index contributed by atoms with van der Waals surface area (Å²) in [4.78, 5) is 13.7. The van der Waals surface area contributed by atoms with Crippen LogP contribution in [0.2, 0.25) is 5.02 Å². The first kappa shape index (κ1) is 15.7. The van der Waals surface area contributed by atoms with Crippen molar-refractivity contribution in [3.8, 4) is 5.75 Å². The Kier molecular flexibility index (Phi) is 5.53. The summed E-state index contributed by atoms with van der Waals surface area (Å²) in [5.41, 5.74) is 0.387. The monoisotopic (exact) mass is 322 g/mol. The molecule has 0 amide bonds. The van der Waals surface area contributed by atoms with Crippen LogP contribution in [-0.4, -0.2) is 19.7 Å². The van der Waals surface area contributed by atoms with Crippen molar-refractivity contribution in [2.45, 2.75) is 16.7 Å². The second-order valence-electron chi connectivity index (χ2n) is 4.14. The first-order chi connectivity index (χ1) is 10.1. The highest BCUT2D eigenvalue weighted by atomic mass is 35.5. The Morgan fingerprint density at radius 3 is 2.38 bits per heavy atom. The maximum Gasteiger partial charge on any atom is 0.339 e. The molecule has 2 aromatic carbocycles. The summed E-state index contributed by atoms with van der Waals surface area (Å²) in [6.07, 6.45) is 0. The van der Waals surface area contributed by atoms with E-state index in [0.29, 0.717) is 17.2 Å². The summed E-state index contributed by atoms with van der Waals surface area (Å²) in [7, 11) is 1.63. The number of benzene rings is 2. The normalized spacial score (nSPS) is 10.2. The van der Waals surface area contributed by atoms with Crippen molar-refractivity contribution < 1.29 is 14.3 Å². The molecule has 0 heterocycles. The molecule has 0 bridgehead atoms. The Balaban J connectivity index is 2.14. The number of carbonyl (C=O) groups is 1. The standard InChI is InChI=1S/C16H15ClO3S/c1-3-20-16(18)14-9-8-13(10-15(14)17)21-12-6-4-11(19-2)5-7-12/h4-10H,3H2,1-2H3. The third-order valence-electron chi connectivity index (χ3n) is 2.73. The van der Waals surface area contributed by atoms with Crippen molar-refractivity contribution in [2.75, 3.05) is 13.7 Å². The summed E-state index contributed by atoms with van der Waals surface area (Å²) in [6.45, 7) is 2.09. The van der Waals surface area contributed by atoms with Gasteiger partial charge in [0.1, 0.15) is 5.75 Å². The maximum absolute atomic E-state index is 11.7. The molecule has 2 rings (SSSR count). The highest BCUT2D eigenvalue weighted by molar-refractivity contribution is 7.99. The zero-order valence-electron chi connectivity index (χ0n) is 11.8. The predicted octanol–water partition coefficient (Wildman–Crippen LogP) is 4.68. The largest absolute Gasteiger partial charge is 0.497 e. The summed E-state index contributed by atoms with van der Waals surface area (Å²) < 4.78 is 10.1. The topological polar surface area (TPSA) is 35.5 Å². The zero-order chi connectivity index (χ0) is 15.2. The number of carbonyl (C=O) groups excluding carboxylic acids is 1. The van der Waals surface area contributed by atoms with Gasteiger partial charge in [-0.1, -0.05) is 23.4 Å². The van der Waals surface area contributed by atoms with E-state index in [4.69, 9.17) is 21.1 Å². The predicted molar refractivity (Wildman–Crippen MR) is 84.5 cm³/mol. The fourth-order valence-corrected chi connectivity index (χ4v) is 2.89. The molecule has 2 aromatic rings. The van der Waals surface area contributed by atoms with Crippen LogP contribution in [0.3, 0.4) is 0 Å². The molecule has 0 aliphatic heterocycles. The first-order valence-electron chi connectivity index (χ1n) is 6.42. The number of hydrogen-bond acceptors (Lipinski definition) is 4. The van der Waals surface area contributed by atoms with Crippen LogP contribution in [0.15, 0.2) is 52.3 Å². The van der Waals surface area contributed by atoms with E-state index < -0.39 is 5.97 Å². The minimum atomic E-state index is -0.400. The molecule has 5 heteroatoms. The Morgan fingerprint density at radius 1 is 1.14 bits per heavy atom. The average Bonchev–Trinajstić information content (AvgIpc) is 2.48. The molecule has 0 saturated heterocycles. The van der Waals surface area contributed by atoms with Gasteiger partial charge in [0.2, 0.25) is 0 Å². The van der Waals surface area contributed by atoms with E-state index >= 15 is 0 Å². The molecule has 0 spiro atoms. The molecule has 0 fully saturated rings. The third kappa shape index (κ3) is 4.16. The van der Waals surface area contributed by atoms with Crippen LogP contribution in [0.25, 0.3) is 0 Å². The van der Waals surface area contributed by atoms with Gasteiger partial charge in [-0.2, -0.15) is 0 Å². The number of ether oxygens (including phenoxy) is 2. The van der Waals surface area contributed by atoms with Gasteiger partial charge in [0.25, 0.3) is 0 Å². The van der Waals surface area contributed by atoms with E-state index in [1.54, 1.807) is 37.9 Å². The first-order valence-corrected chi connectivity index (χ1v) is 7.62. The number of hydrogen-bond donors (Lipinski definition) is 0. The Labute approximate surface area is 133 Å². The van der Waals surface area contributed by atoms with Crippen molar-refractivity contribution in [2.24, 2.45) is 0 Å². The lowest BCUT2D eigenvalue weighted by molar-refractivity contribution is 0.0526. The fourth-order valence-electron chi connectivity index (χ4n) is 1.71. The van der Waals surface area contributed by atoms with E-state index in [1.165, 1.54) is 0 Å². The minimum absolute atomic E-state index is 0.331. The fraction of sp³-hybridized carbons (Fsp3) is 0.188. The van der Waals surface area contributed by atoms with Gasteiger partial charge >= 0.3 is 5.97 Å². The maximum atomic E-state index is 11.7. The summed E-state index contributed by atoms with van der Waals surface area (Å²) in [5.74, 6) is 0.415. The quantitative estimate of drug-likeness (QED) is 0.749. The van der Waals surface area contributed by atoms with Crippen molar-refractivity contribution in [3.63, 3.8) is 0 Å². The zero-order valence-corrected chi connectivity index (χ0v) is 13.3. The van der Waals surface area contributed by atoms with E-state index in [-0.39, 0.29) is 0 Å². The van der Waals surface area contributed by atoms with E-state index in [1.807, 2.05) is 30.3 Å². The highest BCUT2D eigenvalue weighted by Crippen LogP contribution is 2.32. The molecule has 0 aliphatic rings. The SMILES string of the molecule is CCOC(=O)c1ccc(Sc2ccc(OC)cc2)cc1Cl. The van der Waals surface area contributed by atoms with Gasteiger partial charge in [-0.25, -0.2) is 4.79 Å². The molecule has 0 aliphatic carbocycles. The van der Waals surface area contributed by atoms with Crippen molar-refractivity contribution in [1.82, 2.24) is 0 Å². The highest BCUT2D eigenvalue weighted by Gasteiger charge is 2.12. The van der Waals surface area contributed by atoms with Crippen LogP contribution in [0.1, 0.15) is 17.3 Å². The summed E-state index contributed by atoms with van der Waals surface area (Å²) in [5, 5.41) is 0.395. The second kappa shape index (κ2) is 7.38. The average molecular weight is 323 g/mol. The molecular formula is C16H15ClO3S. The third-order valence-corrected chi connectivity index (χ3v) is 4.04. The van der Waals surface area contributed by atoms with Gasteiger partial charge in [-0.15, -0.1) is 0 Å². The molecular weight excluding hydrogens is 308 g/mol. The number of rotatable bonds is 5. The van der Waals surface area contributed by atoms with Crippen molar-refractivity contribution in [3.05, 3.63) is 53.1 Å². The van der Waals surface area contributed by atoms with Crippen molar-refractivity contribution in [1.29, 1.82) is 0 Å². The molecule has 0 atom stereocenters. The Bertz CT molecular complexity index is 626. The number of esters is 1. The molecule has 0 unspecified atom stereocenters. The van der Waals surface area contributed by atoms with Gasteiger partial charge in [0.05, 0.1) is 24.3 Å². The van der Waals surface area contributed by atoms with E-state index in [9.17, 15) is 4.79 Å². The van der Waals surface area contributed by atoms with Crippen LogP contribution < -0.4 is 4.74 Å². The molecule has 3 nitrogen and oxygen atoms in total. The molecule has 0 saturated carbocycles. The lowest BCUT2D eigenvalue weighted by Crippen LogP contribution is -2.05. The molecule has 0 N–H and O–H groups in total. The van der Waals surface area contributed by atoms with Crippen molar-refractivity contribution >= 4 is 29.3 Å². The van der Waals surface area contributed by atoms with Gasteiger partial charge in [-0.3, -0.25) is 0 Å². The lowest BCUT2D eigenvalue weighted by Gasteiger charge is -2.07. The second-order valence-corrected chi connectivity index (χ2v) is 5.69. The van der Waals surface area contributed by atoms with Gasteiger partial charge in [0, 0.05) is 9.79 Å². The Morgan fingerprint density at radius 2 is 1.81 bits per heavy atom. The van der Waals surface area contributed by atoms with Gasteiger partial charge in [0.15, 0.2) is 0 Å². The van der Waals surface area contributed by atoms with Crippen LogP contribution in [-0.2, 0) is 4.74 Å². The number of methoxy groups -OCH3 is 1. The van der Waals surface area contributed by atoms with E-state index in [0.717, 1.165) is 15.5 Å². The van der Waals surface area contributed by atoms with Crippen LogP contribution in [0.5, 0.6) is 5.75 Å². The molecule has 0 radical (unpaired) electrons. The van der Waals surface area contributed by atoms with Gasteiger partial charge < -0.3 is 9.47 Å². The van der Waals surface area contributed by atoms with E-state index in [2.05, 4.69) is 0 Å².